The number of hydrogen-bond donors (Lipinski definition) is 0. The molecule has 2 rings (SSSR count). The molecule has 1 unspecified atom stereocenters. The van der Waals surface area contributed by atoms with Crippen LogP contribution in [0.2, 0.25) is 5.02 Å². The Hall–Kier alpha value is -1.25. The molecule has 0 aromatic heterocycles. The van der Waals surface area contributed by atoms with Crippen molar-refractivity contribution < 1.29 is 9.13 Å². The predicted molar refractivity (Wildman–Crippen MR) is 81.5 cm³/mol. The molecule has 1 nitrogen and oxygen atoms in total. The van der Waals surface area contributed by atoms with Crippen molar-refractivity contribution in [2.75, 3.05) is 6.61 Å². The van der Waals surface area contributed by atoms with Gasteiger partial charge in [-0.1, -0.05) is 35.4 Å². The van der Waals surface area contributed by atoms with Gasteiger partial charge in [-0.2, -0.15) is 0 Å². The predicted octanol–water partition coefficient (Wildman–Crippen LogP) is 5.51. The standard InChI is InChI=1S/C16H15Cl2FO/c1-3-20-15-7-4-10(2)8-12(15)16(18)11-5-6-13(17)14(19)9-11/h4-9,16H,3H2,1-2H3. The second kappa shape index (κ2) is 6.47. The third-order valence-corrected chi connectivity index (χ3v) is 3.77. The van der Waals surface area contributed by atoms with Crippen LogP contribution in [0.4, 0.5) is 4.39 Å². The van der Waals surface area contributed by atoms with Crippen LogP contribution < -0.4 is 4.74 Å². The van der Waals surface area contributed by atoms with Gasteiger partial charge in [0.25, 0.3) is 0 Å². The lowest BCUT2D eigenvalue weighted by Gasteiger charge is -2.16. The molecule has 0 saturated carbocycles. The van der Waals surface area contributed by atoms with Crippen LogP contribution in [0.1, 0.15) is 29.0 Å². The van der Waals surface area contributed by atoms with Gasteiger partial charge in [0.15, 0.2) is 0 Å². The van der Waals surface area contributed by atoms with Gasteiger partial charge < -0.3 is 4.74 Å². The molecule has 106 valence electrons. The number of hydrogen-bond acceptors (Lipinski definition) is 1. The van der Waals surface area contributed by atoms with Crippen molar-refractivity contribution in [1.82, 2.24) is 0 Å². The van der Waals surface area contributed by atoms with Gasteiger partial charge in [-0.05, 0) is 37.6 Å². The zero-order chi connectivity index (χ0) is 14.7. The molecular formula is C16H15Cl2FO. The molecule has 4 heteroatoms. The van der Waals surface area contributed by atoms with E-state index in [4.69, 9.17) is 27.9 Å². The molecule has 0 amide bonds. The smallest absolute Gasteiger partial charge is 0.142 e. The van der Waals surface area contributed by atoms with E-state index in [-0.39, 0.29) is 5.02 Å². The lowest BCUT2D eigenvalue weighted by atomic mass is 10.0. The Bertz CT molecular complexity index is 613. The van der Waals surface area contributed by atoms with E-state index in [1.807, 2.05) is 32.0 Å². The highest BCUT2D eigenvalue weighted by molar-refractivity contribution is 6.30. The van der Waals surface area contributed by atoms with Gasteiger partial charge in [-0.3, -0.25) is 0 Å². The monoisotopic (exact) mass is 312 g/mol. The van der Waals surface area contributed by atoms with Crippen LogP contribution >= 0.6 is 23.2 Å². The summed E-state index contributed by atoms with van der Waals surface area (Å²) >= 11 is 12.2. The fraction of sp³-hybridized carbons (Fsp3) is 0.250. The molecule has 0 spiro atoms. The van der Waals surface area contributed by atoms with Crippen molar-refractivity contribution >= 4 is 23.2 Å². The maximum atomic E-state index is 13.6. The van der Waals surface area contributed by atoms with Gasteiger partial charge in [0.05, 0.1) is 17.0 Å². The average molecular weight is 313 g/mol. The van der Waals surface area contributed by atoms with Crippen molar-refractivity contribution in [3.63, 3.8) is 0 Å². The zero-order valence-electron chi connectivity index (χ0n) is 11.3. The van der Waals surface area contributed by atoms with Crippen LogP contribution in [-0.2, 0) is 0 Å². The van der Waals surface area contributed by atoms with Gasteiger partial charge in [0.2, 0.25) is 0 Å². The summed E-state index contributed by atoms with van der Waals surface area (Å²) in [5.41, 5.74) is 2.55. The van der Waals surface area contributed by atoms with Crippen molar-refractivity contribution in [2.45, 2.75) is 19.2 Å². The number of aryl methyl sites for hydroxylation is 1. The minimum absolute atomic E-state index is 0.0897. The maximum Gasteiger partial charge on any atom is 0.142 e. The number of halogens is 3. The fourth-order valence-electron chi connectivity index (χ4n) is 2.00. The third-order valence-electron chi connectivity index (χ3n) is 2.97. The van der Waals surface area contributed by atoms with Crippen molar-refractivity contribution in [1.29, 1.82) is 0 Å². The highest BCUT2D eigenvalue weighted by atomic mass is 35.5. The summed E-state index contributed by atoms with van der Waals surface area (Å²) in [7, 11) is 0. The van der Waals surface area contributed by atoms with E-state index in [2.05, 4.69) is 0 Å². The Labute approximate surface area is 128 Å². The summed E-state index contributed by atoms with van der Waals surface area (Å²) in [6, 6.07) is 10.4. The van der Waals surface area contributed by atoms with E-state index in [1.54, 1.807) is 6.07 Å². The van der Waals surface area contributed by atoms with Crippen molar-refractivity contribution in [2.24, 2.45) is 0 Å². The first-order valence-electron chi connectivity index (χ1n) is 6.35. The molecule has 0 radical (unpaired) electrons. The maximum absolute atomic E-state index is 13.6. The van der Waals surface area contributed by atoms with E-state index in [9.17, 15) is 4.39 Å². The van der Waals surface area contributed by atoms with Crippen LogP contribution in [0.3, 0.4) is 0 Å². The van der Waals surface area contributed by atoms with E-state index in [0.29, 0.717) is 17.9 Å². The molecule has 0 aliphatic rings. The molecule has 0 heterocycles. The Morgan fingerprint density at radius 2 is 1.95 bits per heavy atom. The van der Waals surface area contributed by atoms with E-state index >= 15 is 0 Å². The molecule has 0 bridgehead atoms. The molecule has 20 heavy (non-hydrogen) atoms. The second-order valence-electron chi connectivity index (χ2n) is 4.51. The van der Waals surface area contributed by atoms with E-state index in [0.717, 1.165) is 11.1 Å². The van der Waals surface area contributed by atoms with Gasteiger partial charge in [-0.15, -0.1) is 11.6 Å². The Morgan fingerprint density at radius 1 is 1.20 bits per heavy atom. The van der Waals surface area contributed by atoms with Crippen LogP contribution in [0.25, 0.3) is 0 Å². The summed E-state index contributed by atoms with van der Waals surface area (Å²) < 4.78 is 19.1. The van der Waals surface area contributed by atoms with E-state index in [1.165, 1.54) is 12.1 Å². The Kier molecular flexibility index (Phi) is 4.90. The summed E-state index contributed by atoms with van der Waals surface area (Å²) in [4.78, 5) is 0. The quantitative estimate of drug-likeness (QED) is 0.676. The van der Waals surface area contributed by atoms with Gasteiger partial charge in [0, 0.05) is 5.56 Å². The summed E-state index contributed by atoms with van der Waals surface area (Å²) in [6.07, 6.45) is 0. The normalized spacial score (nSPS) is 12.2. The number of benzene rings is 2. The van der Waals surface area contributed by atoms with Crippen molar-refractivity contribution in [3.05, 3.63) is 63.9 Å². The minimum Gasteiger partial charge on any atom is -0.494 e. The highest BCUT2D eigenvalue weighted by Gasteiger charge is 2.17. The summed E-state index contributed by atoms with van der Waals surface area (Å²) in [6.45, 7) is 4.44. The lowest BCUT2D eigenvalue weighted by Crippen LogP contribution is -2.01. The molecule has 2 aromatic carbocycles. The fourth-order valence-corrected chi connectivity index (χ4v) is 2.43. The average Bonchev–Trinajstić information content (AvgIpc) is 2.43. The van der Waals surface area contributed by atoms with Crippen LogP contribution in [0, 0.1) is 12.7 Å². The molecule has 2 aromatic rings. The lowest BCUT2D eigenvalue weighted by molar-refractivity contribution is 0.337. The minimum atomic E-state index is -0.483. The molecule has 0 fully saturated rings. The largest absolute Gasteiger partial charge is 0.494 e. The van der Waals surface area contributed by atoms with Gasteiger partial charge in [-0.25, -0.2) is 4.39 Å². The van der Waals surface area contributed by atoms with Crippen molar-refractivity contribution in [3.8, 4) is 5.75 Å². The molecule has 0 N–H and O–H groups in total. The Morgan fingerprint density at radius 3 is 2.60 bits per heavy atom. The zero-order valence-corrected chi connectivity index (χ0v) is 12.8. The Balaban J connectivity index is 2.43. The molecule has 0 aliphatic carbocycles. The first kappa shape index (κ1) is 15.1. The van der Waals surface area contributed by atoms with Gasteiger partial charge >= 0.3 is 0 Å². The summed E-state index contributed by atoms with van der Waals surface area (Å²) in [5.74, 6) is 0.244. The molecule has 0 aliphatic heterocycles. The molecule has 0 saturated heterocycles. The number of ether oxygens (including phenoxy) is 1. The number of alkyl halides is 1. The van der Waals surface area contributed by atoms with Crippen LogP contribution in [0.5, 0.6) is 5.75 Å². The third kappa shape index (κ3) is 3.25. The SMILES string of the molecule is CCOc1ccc(C)cc1C(Cl)c1ccc(Cl)c(F)c1. The topological polar surface area (TPSA) is 9.23 Å². The second-order valence-corrected chi connectivity index (χ2v) is 5.35. The molecular weight excluding hydrogens is 298 g/mol. The highest BCUT2D eigenvalue weighted by Crippen LogP contribution is 2.36. The van der Waals surface area contributed by atoms with Gasteiger partial charge in [0.1, 0.15) is 11.6 Å². The first-order valence-corrected chi connectivity index (χ1v) is 7.16. The van der Waals surface area contributed by atoms with Crippen LogP contribution in [-0.4, -0.2) is 6.61 Å². The van der Waals surface area contributed by atoms with Crippen LogP contribution in [0.15, 0.2) is 36.4 Å². The number of rotatable bonds is 4. The van der Waals surface area contributed by atoms with E-state index < -0.39 is 11.2 Å². The molecule has 1 atom stereocenters. The summed E-state index contributed by atoms with van der Waals surface area (Å²) in [5, 5.41) is -0.393. The first-order chi connectivity index (χ1) is 9.52.